The summed E-state index contributed by atoms with van der Waals surface area (Å²) in [4.78, 5) is 16.2. The molecule has 0 aliphatic carbocycles. The summed E-state index contributed by atoms with van der Waals surface area (Å²) in [5.74, 6) is 0.227. The van der Waals surface area contributed by atoms with E-state index >= 15 is 0 Å². The van der Waals surface area contributed by atoms with Gasteiger partial charge in [0.1, 0.15) is 0 Å². The monoisotopic (exact) mass is 358 g/mol. The van der Waals surface area contributed by atoms with Crippen LogP contribution < -0.4 is 9.64 Å². The molecule has 26 heavy (non-hydrogen) atoms. The van der Waals surface area contributed by atoms with Gasteiger partial charge in [0.25, 0.3) is 5.91 Å². The summed E-state index contributed by atoms with van der Waals surface area (Å²) < 4.78 is 19.2. The molecule has 3 rings (SSSR count). The SMILES string of the molecule is Cc1ccc(F)c(OCC(=O)N2CCCC2c2ccc(N(C)C)nn2)c1. The van der Waals surface area contributed by atoms with Crippen LogP contribution in [-0.4, -0.2) is 48.3 Å². The lowest BCUT2D eigenvalue weighted by atomic mass is 10.1. The van der Waals surface area contributed by atoms with Crippen molar-refractivity contribution in [1.29, 1.82) is 0 Å². The zero-order chi connectivity index (χ0) is 18.7. The van der Waals surface area contributed by atoms with Gasteiger partial charge in [-0.15, -0.1) is 5.10 Å². The Bertz CT molecular complexity index is 780. The molecule has 1 saturated heterocycles. The van der Waals surface area contributed by atoms with Gasteiger partial charge in [-0.25, -0.2) is 4.39 Å². The second kappa shape index (κ2) is 7.68. The number of ether oxygens (including phenoxy) is 1. The molecule has 1 aliphatic rings. The number of halogens is 1. The molecule has 0 N–H and O–H groups in total. The summed E-state index contributed by atoms with van der Waals surface area (Å²) in [6, 6.07) is 8.28. The molecular weight excluding hydrogens is 335 g/mol. The molecule has 0 spiro atoms. The van der Waals surface area contributed by atoms with Crippen LogP contribution in [0.2, 0.25) is 0 Å². The van der Waals surface area contributed by atoms with Crippen molar-refractivity contribution in [3.63, 3.8) is 0 Å². The quantitative estimate of drug-likeness (QED) is 0.823. The molecule has 6 nitrogen and oxygen atoms in total. The van der Waals surface area contributed by atoms with Crippen LogP contribution in [0.25, 0.3) is 0 Å². The van der Waals surface area contributed by atoms with Crippen LogP contribution in [0, 0.1) is 12.7 Å². The average molecular weight is 358 g/mol. The normalized spacial score (nSPS) is 16.6. The third-order valence-corrected chi connectivity index (χ3v) is 4.48. The molecule has 0 radical (unpaired) electrons. The fourth-order valence-corrected chi connectivity index (χ4v) is 3.07. The average Bonchev–Trinajstić information content (AvgIpc) is 3.12. The van der Waals surface area contributed by atoms with Crippen molar-refractivity contribution < 1.29 is 13.9 Å². The number of nitrogens with zero attached hydrogens (tertiary/aromatic N) is 4. The Morgan fingerprint density at radius 1 is 1.31 bits per heavy atom. The van der Waals surface area contributed by atoms with E-state index in [9.17, 15) is 9.18 Å². The van der Waals surface area contributed by atoms with E-state index in [4.69, 9.17) is 4.74 Å². The maximum atomic E-state index is 13.8. The number of benzene rings is 1. The second-order valence-electron chi connectivity index (χ2n) is 6.68. The van der Waals surface area contributed by atoms with Gasteiger partial charge in [-0.3, -0.25) is 4.79 Å². The number of amides is 1. The Hall–Kier alpha value is -2.70. The topological polar surface area (TPSA) is 58.6 Å². The number of rotatable bonds is 5. The van der Waals surface area contributed by atoms with E-state index in [0.717, 1.165) is 29.9 Å². The Labute approximate surface area is 152 Å². The highest BCUT2D eigenvalue weighted by atomic mass is 19.1. The molecule has 7 heteroatoms. The van der Waals surface area contributed by atoms with Crippen LogP contribution in [0.4, 0.5) is 10.2 Å². The maximum absolute atomic E-state index is 13.8. The Morgan fingerprint density at radius 3 is 2.81 bits per heavy atom. The number of aryl methyl sites for hydroxylation is 1. The largest absolute Gasteiger partial charge is 0.481 e. The highest BCUT2D eigenvalue weighted by molar-refractivity contribution is 5.78. The van der Waals surface area contributed by atoms with Crippen LogP contribution in [0.15, 0.2) is 30.3 Å². The van der Waals surface area contributed by atoms with Crippen molar-refractivity contribution in [3.05, 3.63) is 47.4 Å². The van der Waals surface area contributed by atoms with Crippen molar-refractivity contribution in [2.45, 2.75) is 25.8 Å². The van der Waals surface area contributed by atoms with E-state index < -0.39 is 5.82 Å². The van der Waals surface area contributed by atoms with Crippen molar-refractivity contribution in [1.82, 2.24) is 15.1 Å². The fraction of sp³-hybridized carbons (Fsp3) is 0.421. The third kappa shape index (κ3) is 3.92. The van der Waals surface area contributed by atoms with E-state index in [-0.39, 0.29) is 24.3 Å². The van der Waals surface area contributed by atoms with Gasteiger partial charge in [0.05, 0.1) is 11.7 Å². The number of aromatic nitrogens is 2. The first-order valence-electron chi connectivity index (χ1n) is 8.65. The Balaban J connectivity index is 1.67. The van der Waals surface area contributed by atoms with Gasteiger partial charge < -0.3 is 14.5 Å². The third-order valence-electron chi connectivity index (χ3n) is 4.48. The van der Waals surface area contributed by atoms with Crippen molar-refractivity contribution in [3.8, 4) is 5.75 Å². The number of carbonyl (C=O) groups excluding carboxylic acids is 1. The van der Waals surface area contributed by atoms with Gasteiger partial charge in [-0.2, -0.15) is 5.10 Å². The maximum Gasteiger partial charge on any atom is 0.261 e. The van der Waals surface area contributed by atoms with Crippen molar-refractivity contribution in [2.24, 2.45) is 0 Å². The Kier molecular flexibility index (Phi) is 5.35. The standard InChI is InChI=1S/C19H23FN4O2/c1-13-6-7-14(20)17(11-13)26-12-19(25)24-10-4-5-16(24)15-8-9-18(22-21-15)23(2)3/h6-9,11,16H,4-5,10,12H2,1-3H3. The molecule has 1 aliphatic heterocycles. The number of hydrogen-bond donors (Lipinski definition) is 0. The molecule has 0 saturated carbocycles. The van der Waals surface area contributed by atoms with E-state index in [1.165, 1.54) is 6.07 Å². The predicted octanol–water partition coefficient (Wildman–Crippen LogP) is 2.73. The molecule has 1 fully saturated rings. The van der Waals surface area contributed by atoms with Gasteiger partial charge in [0.15, 0.2) is 24.0 Å². The van der Waals surface area contributed by atoms with E-state index in [2.05, 4.69) is 10.2 Å². The predicted molar refractivity (Wildman–Crippen MR) is 96.7 cm³/mol. The molecule has 1 amide bonds. The summed E-state index contributed by atoms with van der Waals surface area (Å²) in [6.45, 7) is 2.29. The van der Waals surface area contributed by atoms with Gasteiger partial charge in [-0.1, -0.05) is 6.07 Å². The molecule has 2 heterocycles. The first-order valence-corrected chi connectivity index (χ1v) is 8.65. The van der Waals surface area contributed by atoms with Gasteiger partial charge in [0.2, 0.25) is 0 Å². The van der Waals surface area contributed by atoms with E-state index in [1.807, 2.05) is 38.1 Å². The zero-order valence-electron chi connectivity index (χ0n) is 15.3. The fourth-order valence-electron chi connectivity index (χ4n) is 3.07. The lowest BCUT2D eigenvalue weighted by Gasteiger charge is -2.24. The summed E-state index contributed by atoms with van der Waals surface area (Å²) in [7, 11) is 3.80. The highest BCUT2D eigenvalue weighted by Gasteiger charge is 2.31. The van der Waals surface area contributed by atoms with Gasteiger partial charge in [-0.05, 0) is 49.6 Å². The van der Waals surface area contributed by atoms with Crippen molar-refractivity contribution >= 4 is 11.7 Å². The van der Waals surface area contributed by atoms with Crippen LogP contribution in [-0.2, 0) is 4.79 Å². The number of hydrogen-bond acceptors (Lipinski definition) is 5. The molecule has 0 bridgehead atoms. The van der Waals surface area contributed by atoms with Gasteiger partial charge >= 0.3 is 0 Å². The molecule has 1 unspecified atom stereocenters. The van der Waals surface area contributed by atoms with E-state index in [0.29, 0.717) is 6.54 Å². The molecule has 2 aromatic rings. The summed E-state index contributed by atoms with van der Waals surface area (Å²) >= 11 is 0. The molecule has 1 aromatic carbocycles. The van der Waals surface area contributed by atoms with Crippen molar-refractivity contribution in [2.75, 3.05) is 32.1 Å². The highest BCUT2D eigenvalue weighted by Crippen LogP contribution is 2.31. The van der Waals surface area contributed by atoms with Crippen LogP contribution >= 0.6 is 0 Å². The first-order chi connectivity index (χ1) is 12.5. The smallest absolute Gasteiger partial charge is 0.261 e. The zero-order valence-corrected chi connectivity index (χ0v) is 15.3. The minimum atomic E-state index is -0.466. The molecular formula is C19H23FN4O2. The summed E-state index contributed by atoms with van der Waals surface area (Å²) in [5.41, 5.74) is 1.65. The summed E-state index contributed by atoms with van der Waals surface area (Å²) in [5, 5.41) is 8.46. The molecule has 1 aromatic heterocycles. The minimum absolute atomic E-state index is 0.101. The lowest BCUT2D eigenvalue weighted by Crippen LogP contribution is -2.35. The summed E-state index contributed by atoms with van der Waals surface area (Å²) in [6.07, 6.45) is 1.73. The van der Waals surface area contributed by atoms with Gasteiger partial charge in [0, 0.05) is 20.6 Å². The Morgan fingerprint density at radius 2 is 2.12 bits per heavy atom. The first kappa shape index (κ1) is 18.1. The second-order valence-corrected chi connectivity index (χ2v) is 6.68. The number of anilines is 1. The number of carbonyl (C=O) groups is 1. The number of likely N-dealkylation sites (tertiary alicyclic amines) is 1. The molecule has 1 atom stereocenters. The van der Waals surface area contributed by atoms with Crippen LogP contribution in [0.1, 0.15) is 30.1 Å². The van der Waals surface area contributed by atoms with Crippen LogP contribution in [0.5, 0.6) is 5.75 Å². The molecule has 138 valence electrons. The minimum Gasteiger partial charge on any atom is -0.481 e. The lowest BCUT2D eigenvalue weighted by molar-refractivity contribution is -0.134. The van der Waals surface area contributed by atoms with Crippen LogP contribution in [0.3, 0.4) is 0 Å². The van der Waals surface area contributed by atoms with E-state index in [1.54, 1.807) is 17.0 Å².